The number of hydrogen-bond acceptors (Lipinski definition) is 4. The predicted octanol–water partition coefficient (Wildman–Crippen LogP) is 9.03. The molecule has 0 bridgehead atoms. The van der Waals surface area contributed by atoms with E-state index in [0.717, 1.165) is 5.92 Å². The molecule has 0 amide bonds. The summed E-state index contributed by atoms with van der Waals surface area (Å²) in [5.41, 5.74) is 6.66. The zero-order chi connectivity index (χ0) is 19.1. The zero-order valence-corrected chi connectivity index (χ0v) is 20.1. The molecule has 0 saturated heterocycles. The van der Waals surface area contributed by atoms with Crippen LogP contribution in [0.15, 0.2) is 21.7 Å². The molecule has 1 fully saturated rings. The van der Waals surface area contributed by atoms with Crippen LogP contribution in [-0.4, -0.2) is 6.26 Å². The number of fused-ring (bicyclic) bond motifs is 1. The van der Waals surface area contributed by atoms with Gasteiger partial charge in [0.05, 0.1) is 4.88 Å². The van der Waals surface area contributed by atoms with Crippen molar-refractivity contribution in [2.75, 3.05) is 6.26 Å². The molecule has 0 nitrogen and oxygen atoms in total. The van der Waals surface area contributed by atoms with Crippen LogP contribution < -0.4 is 0 Å². The average molecular weight is 445 g/mol. The van der Waals surface area contributed by atoms with Gasteiger partial charge in [0.2, 0.25) is 0 Å². The van der Waals surface area contributed by atoms with Crippen molar-refractivity contribution in [2.45, 2.75) is 75.5 Å². The van der Waals surface area contributed by atoms with E-state index < -0.39 is 0 Å². The lowest BCUT2D eigenvalue weighted by Crippen LogP contribution is -1.99. The number of hydrogen-bond donors (Lipinski definition) is 0. The normalized spacial score (nSPS) is 16.5. The zero-order valence-electron chi connectivity index (χ0n) is 16.8. The minimum Gasteiger partial charge on any atom is -0.142 e. The summed E-state index contributed by atoms with van der Waals surface area (Å²) in [7, 11) is 0. The van der Waals surface area contributed by atoms with Gasteiger partial charge in [-0.25, -0.2) is 0 Å². The van der Waals surface area contributed by atoms with E-state index in [1.165, 1.54) is 67.6 Å². The highest BCUT2D eigenvalue weighted by Gasteiger charge is 2.29. The highest BCUT2D eigenvalue weighted by atomic mass is 32.2. The minimum atomic E-state index is 0.862. The molecule has 3 heterocycles. The van der Waals surface area contributed by atoms with Crippen molar-refractivity contribution < 1.29 is 0 Å². The van der Waals surface area contributed by atoms with Gasteiger partial charge in [-0.1, -0.05) is 13.3 Å². The summed E-state index contributed by atoms with van der Waals surface area (Å²) in [5, 5.41) is 4.93. The molecule has 4 heteroatoms. The molecular formula is C24H28S4. The van der Waals surface area contributed by atoms with Crippen LogP contribution in [0.25, 0.3) is 19.5 Å². The molecular weight excluding hydrogens is 417 g/mol. The number of thioether (sulfide) groups is 1. The van der Waals surface area contributed by atoms with Crippen molar-refractivity contribution in [3.05, 3.63) is 39.1 Å². The van der Waals surface area contributed by atoms with Crippen LogP contribution in [0, 0.1) is 0 Å². The molecule has 0 radical (unpaired) electrons. The number of rotatable bonds is 7. The first-order valence-electron chi connectivity index (χ1n) is 10.7. The third-order valence-electron chi connectivity index (χ3n) is 6.18. The Balaban J connectivity index is 1.57. The van der Waals surface area contributed by atoms with E-state index in [0.29, 0.717) is 0 Å². The van der Waals surface area contributed by atoms with Crippen LogP contribution in [0.1, 0.15) is 73.6 Å². The Morgan fingerprint density at radius 1 is 1.04 bits per heavy atom. The monoisotopic (exact) mass is 444 g/mol. The Morgan fingerprint density at radius 3 is 2.64 bits per heavy atom. The first kappa shape index (κ1) is 19.4. The quantitative estimate of drug-likeness (QED) is 0.327. The standard InChI is InChI=1S/C24H28S4/c1-3-4-8-18-19(15-10-11-15)14-27-22(18)21-12-20(25-2)24(28-21)23-17-9-6-5-7-16(17)13-26-23/h12-15H,3-11H2,1-2H3. The molecule has 2 aliphatic rings. The fourth-order valence-corrected chi connectivity index (χ4v) is 9.25. The molecule has 2 aliphatic carbocycles. The average Bonchev–Trinajstić information content (AvgIpc) is 3.16. The van der Waals surface area contributed by atoms with E-state index in [4.69, 9.17) is 0 Å². The molecule has 0 aromatic carbocycles. The highest BCUT2D eigenvalue weighted by Crippen LogP contribution is 2.52. The van der Waals surface area contributed by atoms with Gasteiger partial charge < -0.3 is 0 Å². The summed E-state index contributed by atoms with van der Waals surface area (Å²) >= 11 is 8.00. The molecule has 5 rings (SSSR count). The molecule has 0 spiro atoms. The fraction of sp³-hybridized carbons (Fsp3) is 0.500. The lowest BCUT2D eigenvalue weighted by atomic mass is 9.93. The second-order valence-corrected chi connectivity index (χ2v) is 11.8. The summed E-state index contributed by atoms with van der Waals surface area (Å²) in [6, 6.07) is 2.50. The van der Waals surface area contributed by atoms with Crippen LogP contribution >= 0.6 is 45.8 Å². The van der Waals surface area contributed by atoms with Gasteiger partial charge in [-0.2, -0.15) is 0 Å². The van der Waals surface area contributed by atoms with Crippen LogP contribution in [0.4, 0.5) is 0 Å². The molecule has 0 unspecified atom stereocenters. The van der Waals surface area contributed by atoms with Crippen LogP contribution in [0.3, 0.4) is 0 Å². The third kappa shape index (κ3) is 3.55. The van der Waals surface area contributed by atoms with E-state index >= 15 is 0 Å². The van der Waals surface area contributed by atoms with Crippen molar-refractivity contribution in [1.29, 1.82) is 0 Å². The SMILES string of the molecule is CCCCc1c(C2CC2)csc1-c1cc(SC)c(-c2scc3c2CCCC3)s1. The summed E-state index contributed by atoms with van der Waals surface area (Å²) in [6.45, 7) is 2.32. The van der Waals surface area contributed by atoms with Gasteiger partial charge in [0.25, 0.3) is 0 Å². The molecule has 0 atom stereocenters. The minimum absolute atomic E-state index is 0.862. The maximum Gasteiger partial charge on any atom is 0.0588 e. The van der Waals surface area contributed by atoms with Gasteiger partial charge in [-0.15, -0.1) is 45.8 Å². The maximum absolute atomic E-state index is 2.50. The molecule has 1 saturated carbocycles. The van der Waals surface area contributed by atoms with Gasteiger partial charge in [0, 0.05) is 19.5 Å². The van der Waals surface area contributed by atoms with Crippen LogP contribution in [0.5, 0.6) is 0 Å². The Morgan fingerprint density at radius 2 is 1.86 bits per heavy atom. The predicted molar refractivity (Wildman–Crippen MR) is 130 cm³/mol. The smallest absolute Gasteiger partial charge is 0.0588 e. The Labute approximate surface area is 185 Å². The van der Waals surface area contributed by atoms with Crippen molar-refractivity contribution in [2.24, 2.45) is 0 Å². The maximum atomic E-state index is 2.50. The lowest BCUT2D eigenvalue weighted by molar-refractivity contribution is 0.691. The highest BCUT2D eigenvalue weighted by molar-refractivity contribution is 7.99. The first-order chi connectivity index (χ1) is 13.8. The molecule has 148 valence electrons. The van der Waals surface area contributed by atoms with E-state index in [1.807, 2.05) is 34.4 Å². The van der Waals surface area contributed by atoms with Gasteiger partial charge >= 0.3 is 0 Å². The summed E-state index contributed by atoms with van der Waals surface area (Å²) in [5.74, 6) is 0.862. The van der Waals surface area contributed by atoms with Gasteiger partial charge in [0.1, 0.15) is 0 Å². The van der Waals surface area contributed by atoms with Crippen LogP contribution in [0.2, 0.25) is 0 Å². The van der Waals surface area contributed by atoms with Crippen molar-refractivity contribution in [3.63, 3.8) is 0 Å². The van der Waals surface area contributed by atoms with Crippen molar-refractivity contribution in [3.8, 4) is 19.5 Å². The van der Waals surface area contributed by atoms with E-state index in [9.17, 15) is 0 Å². The Hall–Kier alpha value is -0.550. The Bertz CT molecular complexity index is 967. The number of aryl methyl sites for hydroxylation is 1. The summed E-state index contributed by atoms with van der Waals surface area (Å²) in [4.78, 5) is 7.69. The molecule has 0 aliphatic heterocycles. The topological polar surface area (TPSA) is 0 Å². The van der Waals surface area contributed by atoms with Gasteiger partial charge in [-0.3, -0.25) is 0 Å². The second-order valence-electron chi connectivity index (χ2n) is 8.16. The van der Waals surface area contributed by atoms with E-state index in [-0.39, 0.29) is 0 Å². The first-order valence-corrected chi connectivity index (χ1v) is 14.5. The van der Waals surface area contributed by atoms with Gasteiger partial charge in [-0.05, 0) is 103 Å². The molecule has 0 N–H and O–H groups in total. The number of thiophene rings is 3. The Kier molecular flexibility index (Phi) is 5.75. The second kappa shape index (κ2) is 8.29. The number of unbranched alkanes of at least 4 members (excludes halogenated alkanes) is 1. The third-order valence-corrected chi connectivity index (χ3v) is 10.7. The molecule has 3 aromatic heterocycles. The molecule has 28 heavy (non-hydrogen) atoms. The largest absolute Gasteiger partial charge is 0.142 e. The fourth-order valence-electron chi connectivity index (χ4n) is 4.46. The lowest BCUT2D eigenvalue weighted by Gasteiger charge is -2.12. The summed E-state index contributed by atoms with van der Waals surface area (Å²) in [6.07, 6.45) is 14.2. The van der Waals surface area contributed by atoms with Gasteiger partial charge in [0.15, 0.2) is 0 Å². The van der Waals surface area contributed by atoms with E-state index in [1.54, 1.807) is 36.9 Å². The van der Waals surface area contributed by atoms with E-state index in [2.05, 4.69) is 41.3 Å². The van der Waals surface area contributed by atoms with Crippen molar-refractivity contribution in [1.82, 2.24) is 0 Å². The summed E-state index contributed by atoms with van der Waals surface area (Å²) < 4.78 is 0. The molecule has 3 aromatic rings. The van der Waals surface area contributed by atoms with Crippen molar-refractivity contribution >= 4 is 45.8 Å². The van der Waals surface area contributed by atoms with Crippen LogP contribution in [-0.2, 0) is 19.3 Å².